The minimum Gasteiger partial charge on any atom is -0.398 e. The molecule has 0 spiro atoms. The summed E-state index contributed by atoms with van der Waals surface area (Å²) in [5.41, 5.74) is 7.04. The van der Waals surface area contributed by atoms with Crippen LogP contribution in [0.5, 0.6) is 0 Å². The molecule has 0 aliphatic carbocycles. The molecule has 0 saturated carbocycles. The van der Waals surface area contributed by atoms with Crippen molar-refractivity contribution in [1.29, 1.82) is 0 Å². The van der Waals surface area contributed by atoms with Crippen molar-refractivity contribution in [3.05, 3.63) is 52.3 Å². The first-order valence-electron chi connectivity index (χ1n) is 6.03. The van der Waals surface area contributed by atoms with Gasteiger partial charge in [0, 0.05) is 7.05 Å². The molecule has 112 valence electrons. The molecule has 0 atom stereocenters. The number of nitrogens with zero attached hydrogens (tertiary/aromatic N) is 1. The first-order chi connectivity index (χ1) is 9.73. The van der Waals surface area contributed by atoms with Crippen molar-refractivity contribution in [2.24, 2.45) is 0 Å². The lowest BCUT2D eigenvalue weighted by molar-refractivity contribution is 0.593. The zero-order valence-corrected chi connectivity index (χ0v) is 13.9. The summed E-state index contributed by atoms with van der Waals surface area (Å²) >= 11 is 2.97. The quantitative estimate of drug-likeness (QED) is 0.840. The molecule has 0 bridgehead atoms. The van der Waals surface area contributed by atoms with Crippen LogP contribution in [0.4, 0.5) is 15.8 Å². The number of hydrogen-bond donors (Lipinski definition) is 1. The van der Waals surface area contributed by atoms with Crippen LogP contribution in [-0.2, 0) is 10.0 Å². The van der Waals surface area contributed by atoms with Crippen molar-refractivity contribution in [2.45, 2.75) is 11.8 Å². The molecular weight excluding hydrogens is 359 g/mol. The number of anilines is 2. The lowest BCUT2D eigenvalue weighted by atomic mass is 10.2. The van der Waals surface area contributed by atoms with Crippen LogP contribution in [0.2, 0.25) is 0 Å². The summed E-state index contributed by atoms with van der Waals surface area (Å²) in [6.07, 6.45) is 0. The molecule has 0 saturated heterocycles. The van der Waals surface area contributed by atoms with Gasteiger partial charge < -0.3 is 5.73 Å². The number of nitrogens with two attached hydrogens (primary N) is 1. The summed E-state index contributed by atoms with van der Waals surface area (Å²) in [5.74, 6) is -0.607. The van der Waals surface area contributed by atoms with Gasteiger partial charge in [-0.05, 0) is 47.1 Å². The standard InChI is InChI=1S/C14H14BrFN2O2S/c1-9-3-5-10(6-4-9)18(2)21(19,20)14-7-11(15)12(16)8-13(14)17/h3-8H,17H2,1-2H3. The van der Waals surface area contributed by atoms with Crippen LogP contribution in [0.1, 0.15) is 5.56 Å². The Morgan fingerprint density at radius 3 is 2.33 bits per heavy atom. The SMILES string of the molecule is Cc1ccc(N(C)S(=O)(=O)c2cc(Br)c(F)cc2N)cc1. The molecule has 4 nitrogen and oxygen atoms in total. The fourth-order valence-corrected chi connectivity index (χ4v) is 3.62. The highest BCUT2D eigenvalue weighted by Gasteiger charge is 2.25. The normalized spacial score (nSPS) is 11.4. The Balaban J connectivity index is 2.51. The molecule has 2 N–H and O–H groups in total. The number of aryl methyl sites for hydroxylation is 1. The van der Waals surface area contributed by atoms with E-state index in [9.17, 15) is 12.8 Å². The summed E-state index contributed by atoms with van der Waals surface area (Å²) in [4.78, 5) is -0.140. The second-order valence-corrected chi connectivity index (χ2v) is 7.40. The molecule has 0 aromatic heterocycles. The Morgan fingerprint density at radius 1 is 1.19 bits per heavy atom. The van der Waals surface area contributed by atoms with Crippen molar-refractivity contribution in [1.82, 2.24) is 0 Å². The van der Waals surface area contributed by atoms with E-state index in [0.717, 1.165) is 15.9 Å². The molecular formula is C14H14BrFN2O2S. The van der Waals surface area contributed by atoms with Crippen LogP contribution in [0, 0.1) is 12.7 Å². The highest BCUT2D eigenvalue weighted by molar-refractivity contribution is 9.10. The number of rotatable bonds is 3. The Bertz CT molecular complexity index is 776. The lowest BCUT2D eigenvalue weighted by Crippen LogP contribution is -2.27. The van der Waals surface area contributed by atoms with E-state index < -0.39 is 15.8 Å². The van der Waals surface area contributed by atoms with E-state index in [1.807, 2.05) is 19.1 Å². The van der Waals surface area contributed by atoms with Crippen LogP contribution in [-0.4, -0.2) is 15.5 Å². The molecule has 2 aromatic rings. The third-order valence-electron chi connectivity index (χ3n) is 3.09. The van der Waals surface area contributed by atoms with E-state index >= 15 is 0 Å². The number of nitrogen functional groups attached to an aromatic ring is 1. The second-order valence-electron chi connectivity index (χ2n) is 4.61. The van der Waals surface area contributed by atoms with Gasteiger partial charge in [0.2, 0.25) is 0 Å². The largest absolute Gasteiger partial charge is 0.398 e. The van der Waals surface area contributed by atoms with Crippen LogP contribution in [0.15, 0.2) is 45.8 Å². The highest BCUT2D eigenvalue weighted by atomic mass is 79.9. The smallest absolute Gasteiger partial charge is 0.266 e. The highest BCUT2D eigenvalue weighted by Crippen LogP contribution is 2.30. The topological polar surface area (TPSA) is 63.4 Å². The fraction of sp³-hybridized carbons (Fsp3) is 0.143. The van der Waals surface area contributed by atoms with E-state index in [4.69, 9.17) is 5.73 Å². The maximum absolute atomic E-state index is 13.4. The van der Waals surface area contributed by atoms with E-state index in [0.29, 0.717) is 5.69 Å². The Labute approximate surface area is 131 Å². The summed E-state index contributed by atoms with van der Waals surface area (Å²) in [6.45, 7) is 1.91. The van der Waals surface area contributed by atoms with Crippen molar-refractivity contribution in [2.75, 3.05) is 17.1 Å². The second kappa shape index (κ2) is 5.65. The maximum atomic E-state index is 13.4. The number of halogens is 2. The van der Waals surface area contributed by atoms with Gasteiger partial charge in [0.25, 0.3) is 10.0 Å². The molecule has 21 heavy (non-hydrogen) atoms. The van der Waals surface area contributed by atoms with E-state index in [-0.39, 0.29) is 15.1 Å². The van der Waals surface area contributed by atoms with Crippen molar-refractivity contribution in [3.63, 3.8) is 0 Å². The molecule has 0 fully saturated rings. The van der Waals surface area contributed by atoms with Gasteiger partial charge in [0.15, 0.2) is 0 Å². The van der Waals surface area contributed by atoms with Crippen molar-refractivity contribution < 1.29 is 12.8 Å². The van der Waals surface area contributed by atoms with Crippen molar-refractivity contribution >= 4 is 37.3 Å². The molecule has 0 aliphatic rings. The minimum atomic E-state index is -3.86. The summed E-state index contributed by atoms with van der Waals surface area (Å²) in [6, 6.07) is 9.17. The first-order valence-corrected chi connectivity index (χ1v) is 8.27. The molecule has 0 heterocycles. The van der Waals surface area contributed by atoms with Gasteiger partial charge >= 0.3 is 0 Å². The van der Waals surface area contributed by atoms with Crippen LogP contribution in [0.25, 0.3) is 0 Å². The van der Waals surface area contributed by atoms with E-state index in [1.165, 1.54) is 13.1 Å². The molecule has 0 unspecified atom stereocenters. The van der Waals surface area contributed by atoms with Crippen molar-refractivity contribution in [3.8, 4) is 0 Å². The van der Waals surface area contributed by atoms with E-state index in [2.05, 4.69) is 15.9 Å². The molecule has 0 amide bonds. The predicted molar refractivity (Wildman–Crippen MR) is 85.3 cm³/mol. The zero-order valence-electron chi connectivity index (χ0n) is 11.5. The molecule has 0 radical (unpaired) electrons. The van der Waals surface area contributed by atoms with E-state index in [1.54, 1.807) is 12.1 Å². The number of sulfonamides is 1. The van der Waals surface area contributed by atoms with Gasteiger partial charge in [-0.3, -0.25) is 4.31 Å². The average molecular weight is 373 g/mol. The summed E-state index contributed by atoms with van der Waals surface area (Å²) < 4.78 is 39.8. The molecule has 2 rings (SSSR count). The lowest BCUT2D eigenvalue weighted by Gasteiger charge is -2.21. The van der Waals surface area contributed by atoms with Crippen LogP contribution < -0.4 is 10.0 Å². The summed E-state index contributed by atoms with van der Waals surface area (Å²) in [5, 5.41) is 0. The molecule has 2 aromatic carbocycles. The minimum absolute atomic E-state index is 0.0487. The number of hydrogen-bond acceptors (Lipinski definition) is 3. The Morgan fingerprint density at radius 2 is 1.76 bits per heavy atom. The third-order valence-corrected chi connectivity index (χ3v) is 5.54. The predicted octanol–water partition coefficient (Wildman–Crippen LogP) is 3.30. The Hall–Kier alpha value is -1.60. The van der Waals surface area contributed by atoms with Gasteiger partial charge in [-0.1, -0.05) is 17.7 Å². The van der Waals surface area contributed by atoms with Crippen LogP contribution >= 0.6 is 15.9 Å². The van der Waals surface area contributed by atoms with Gasteiger partial charge in [-0.25, -0.2) is 12.8 Å². The molecule has 0 aliphatic heterocycles. The van der Waals surface area contributed by atoms with Gasteiger partial charge in [0.1, 0.15) is 10.7 Å². The zero-order chi connectivity index (χ0) is 15.8. The Kier molecular flexibility index (Phi) is 4.25. The maximum Gasteiger partial charge on any atom is 0.266 e. The fourth-order valence-electron chi connectivity index (χ4n) is 1.81. The van der Waals surface area contributed by atoms with Gasteiger partial charge in [0.05, 0.1) is 15.8 Å². The van der Waals surface area contributed by atoms with Gasteiger partial charge in [-0.2, -0.15) is 0 Å². The monoisotopic (exact) mass is 372 g/mol. The third kappa shape index (κ3) is 3.03. The number of benzene rings is 2. The summed E-state index contributed by atoms with van der Waals surface area (Å²) in [7, 11) is -2.44. The van der Waals surface area contributed by atoms with Gasteiger partial charge in [-0.15, -0.1) is 0 Å². The average Bonchev–Trinajstić information content (AvgIpc) is 2.42. The first kappa shape index (κ1) is 15.8. The van der Waals surface area contributed by atoms with Crippen LogP contribution in [0.3, 0.4) is 0 Å². The molecule has 7 heteroatoms.